The van der Waals surface area contributed by atoms with Gasteiger partial charge in [0.2, 0.25) is 0 Å². The molecule has 0 N–H and O–H groups in total. The first-order valence-electron chi connectivity index (χ1n) is 8.48. The van der Waals surface area contributed by atoms with Gasteiger partial charge in [-0.3, -0.25) is 0 Å². The van der Waals surface area contributed by atoms with Crippen LogP contribution in [0.4, 0.5) is 4.79 Å². The summed E-state index contributed by atoms with van der Waals surface area (Å²) in [5.41, 5.74) is -0.423. The molecule has 0 aromatic rings. The van der Waals surface area contributed by atoms with Gasteiger partial charge < -0.3 is 19.3 Å². The van der Waals surface area contributed by atoms with Gasteiger partial charge >= 0.3 is 6.09 Å². The molecule has 1 fully saturated rings. The Morgan fingerprint density at radius 3 is 2.59 bits per heavy atom. The van der Waals surface area contributed by atoms with Gasteiger partial charge in [-0.2, -0.15) is 0 Å². The van der Waals surface area contributed by atoms with E-state index in [4.69, 9.17) is 9.47 Å². The Morgan fingerprint density at radius 2 is 2.05 bits per heavy atom. The van der Waals surface area contributed by atoms with E-state index in [1.54, 1.807) is 0 Å². The van der Waals surface area contributed by atoms with Crippen molar-refractivity contribution in [2.45, 2.75) is 59.1 Å². The van der Waals surface area contributed by atoms with E-state index in [2.05, 4.69) is 18.9 Å². The van der Waals surface area contributed by atoms with Crippen molar-refractivity contribution in [3.63, 3.8) is 0 Å². The van der Waals surface area contributed by atoms with Gasteiger partial charge in [0.15, 0.2) is 0 Å². The summed E-state index contributed by atoms with van der Waals surface area (Å²) in [6.07, 6.45) is 1.91. The van der Waals surface area contributed by atoms with Gasteiger partial charge in [0.25, 0.3) is 0 Å². The first kappa shape index (κ1) is 19.2. The van der Waals surface area contributed by atoms with E-state index in [-0.39, 0.29) is 12.1 Å². The highest BCUT2D eigenvalue weighted by Gasteiger charge is 2.31. The molecule has 1 aliphatic heterocycles. The first-order chi connectivity index (χ1) is 10.2. The van der Waals surface area contributed by atoms with Crippen molar-refractivity contribution < 1.29 is 14.3 Å². The van der Waals surface area contributed by atoms with Crippen LogP contribution in [0.2, 0.25) is 0 Å². The molecule has 130 valence electrons. The molecule has 0 radical (unpaired) electrons. The van der Waals surface area contributed by atoms with E-state index >= 15 is 0 Å². The molecule has 2 atom stereocenters. The lowest BCUT2D eigenvalue weighted by Gasteiger charge is -2.39. The molecule has 1 saturated heterocycles. The lowest BCUT2D eigenvalue weighted by atomic mass is 9.91. The van der Waals surface area contributed by atoms with Gasteiger partial charge in [-0.1, -0.05) is 0 Å². The zero-order valence-corrected chi connectivity index (χ0v) is 15.2. The predicted octanol–water partition coefficient (Wildman–Crippen LogP) is 2.99. The molecule has 0 saturated carbocycles. The van der Waals surface area contributed by atoms with E-state index in [0.29, 0.717) is 5.92 Å². The van der Waals surface area contributed by atoms with Gasteiger partial charge in [0.05, 0.1) is 6.61 Å². The fraction of sp³-hybridized carbons (Fsp3) is 0.941. The summed E-state index contributed by atoms with van der Waals surface area (Å²) in [6, 6.07) is 0.244. The number of carbonyl (C=O) groups excluding carboxylic acids is 1. The van der Waals surface area contributed by atoms with E-state index < -0.39 is 5.60 Å². The monoisotopic (exact) mass is 314 g/mol. The highest BCUT2D eigenvalue weighted by atomic mass is 16.6. The standard InChI is InChI=1S/C17H34N2O3/c1-7-21-11-10-18(6)13-15-8-9-19(14(2)12-15)16(20)22-17(3,4)5/h14-15H,7-13H2,1-6H3/t14-,15-/m1/s1. The van der Waals surface area contributed by atoms with Crippen LogP contribution < -0.4 is 0 Å². The Morgan fingerprint density at radius 1 is 1.36 bits per heavy atom. The van der Waals surface area contributed by atoms with Crippen LogP contribution in [0.5, 0.6) is 0 Å². The second-order valence-corrected chi connectivity index (χ2v) is 7.37. The molecule has 0 spiro atoms. The second-order valence-electron chi connectivity index (χ2n) is 7.37. The minimum Gasteiger partial charge on any atom is -0.444 e. The number of hydrogen-bond donors (Lipinski definition) is 0. The number of piperidine rings is 1. The molecule has 1 heterocycles. The predicted molar refractivity (Wildman–Crippen MR) is 89.1 cm³/mol. The number of ether oxygens (including phenoxy) is 2. The Kier molecular flexibility index (Phi) is 7.63. The van der Waals surface area contributed by atoms with Crippen LogP contribution in [0.25, 0.3) is 0 Å². The van der Waals surface area contributed by atoms with E-state index in [0.717, 1.165) is 45.7 Å². The Balaban J connectivity index is 2.37. The fourth-order valence-electron chi connectivity index (χ4n) is 2.92. The SMILES string of the molecule is CCOCCN(C)C[C@@H]1CCN(C(=O)OC(C)(C)C)[C@H](C)C1. The number of rotatable bonds is 6. The van der Waals surface area contributed by atoms with Crippen molar-refractivity contribution in [2.75, 3.05) is 39.9 Å². The van der Waals surface area contributed by atoms with Crippen molar-refractivity contribution in [2.24, 2.45) is 5.92 Å². The molecule has 5 nitrogen and oxygen atoms in total. The molecule has 1 rings (SSSR count). The van der Waals surface area contributed by atoms with Crippen molar-refractivity contribution in [1.82, 2.24) is 9.80 Å². The Labute approximate surface area is 135 Å². The Bertz CT molecular complexity index is 341. The Hall–Kier alpha value is -0.810. The minimum absolute atomic E-state index is 0.178. The maximum atomic E-state index is 12.2. The maximum absolute atomic E-state index is 12.2. The highest BCUT2D eigenvalue weighted by molar-refractivity contribution is 5.68. The molecule has 22 heavy (non-hydrogen) atoms. The van der Waals surface area contributed by atoms with Gasteiger partial charge in [-0.25, -0.2) is 4.79 Å². The summed E-state index contributed by atoms with van der Waals surface area (Å²) < 4.78 is 10.9. The summed E-state index contributed by atoms with van der Waals surface area (Å²) in [4.78, 5) is 16.4. The van der Waals surface area contributed by atoms with E-state index in [9.17, 15) is 4.79 Å². The number of nitrogens with zero attached hydrogens (tertiary/aromatic N) is 2. The fourth-order valence-corrected chi connectivity index (χ4v) is 2.92. The van der Waals surface area contributed by atoms with Crippen molar-refractivity contribution in [3.05, 3.63) is 0 Å². The number of hydrogen-bond acceptors (Lipinski definition) is 4. The van der Waals surface area contributed by atoms with Gasteiger partial charge in [0.1, 0.15) is 5.60 Å². The summed E-state index contributed by atoms with van der Waals surface area (Å²) in [6.45, 7) is 14.3. The third-order valence-corrected chi connectivity index (χ3v) is 4.00. The van der Waals surface area contributed by atoms with E-state index in [1.807, 2.05) is 32.6 Å². The summed E-state index contributed by atoms with van der Waals surface area (Å²) in [5, 5.41) is 0. The molecule has 0 aliphatic carbocycles. The summed E-state index contributed by atoms with van der Waals surface area (Å²) in [5.74, 6) is 0.639. The number of likely N-dealkylation sites (N-methyl/N-ethyl adjacent to an activating group) is 1. The molecule has 0 aromatic heterocycles. The average Bonchev–Trinajstić information content (AvgIpc) is 2.36. The summed E-state index contributed by atoms with van der Waals surface area (Å²) in [7, 11) is 2.14. The van der Waals surface area contributed by atoms with Crippen molar-refractivity contribution >= 4 is 6.09 Å². The van der Waals surface area contributed by atoms with Gasteiger partial charge in [-0.15, -0.1) is 0 Å². The lowest BCUT2D eigenvalue weighted by molar-refractivity contribution is 0.00515. The van der Waals surface area contributed by atoms with Crippen LogP contribution in [0, 0.1) is 5.92 Å². The minimum atomic E-state index is -0.423. The number of likely N-dealkylation sites (tertiary alicyclic amines) is 1. The molecule has 5 heteroatoms. The zero-order valence-electron chi connectivity index (χ0n) is 15.2. The number of amides is 1. The number of carbonyl (C=O) groups is 1. The van der Waals surface area contributed by atoms with Crippen LogP contribution in [0.3, 0.4) is 0 Å². The van der Waals surface area contributed by atoms with Crippen LogP contribution in [-0.2, 0) is 9.47 Å². The largest absolute Gasteiger partial charge is 0.444 e. The molecular formula is C17H34N2O3. The third kappa shape index (κ3) is 6.97. The van der Waals surface area contributed by atoms with Crippen LogP contribution in [-0.4, -0.2) is 67.4 Å². The molecule has 1 amide bonds. The molecule has 0 bridgehead atoms. The lowest BCUT2D eigenvalue weighted by Crippen LogP contribution is -2.48. The van der Waals surface area contributed by atoms with Gasteiger partial charge in [0, 0.05) is 32.3 Å². The van der Waals surface area contributed by atoms with Gasteiger partial charge in [-0.05, 0) is 60.4 Å². The van der Waals surface area contributed by atoms with Crippen LogP contribution in [0.15, 0.2) is 0 Å². The molecule has 0 aromatic carbocycles. The third-order valence-electron chi connectivity index (χ3n) is 4.00. The topological polar surface area (TPSA) is 42.0 Å². The normalized spacial score (nSPS) is 23.0. The van der Waals surface area contributed by atoms with Crippen LogP contribution >= 0.6 is 0 Å². The average molecular weight is 314 g/mol. The summed E-state index contributed by atoms with van der Waals surface area (Å²) >= 11 is 0. The van der Waals surface area contributed by atoms with E-state index in [1.165, 1.54) is 0 Å². The van der Waals surface area contributed by atoms with Crippen molar-refractivity contribution in [1.29, 1.82) is 0 Å². The molecular weight excluding hydrogens is 280 g/mol. The maximum Gasteiger partial charge on any atom is 0.410 e. The smallest absolute Gasteiger partial charge is 0.410 e. The quantitative estimate of drug-likeness (QED) is 0.707. The second kappa shape index (κ2) is 8.73. The van der Waals surface area contributed by atoms with Crippen LogP contribution in [0.1, 0.15) is 47.5 Å². The molecule has 0 unspecified atom stereocenters. The highest BCUT2D eigenvalue weighted by Crippen LogP contribution is 2.25. The molecule has 1 aliphatic rings. The van der Waals surface area contributed by atoms with Crippen molar-refractivity contribution in [3.8, 4) is 0 Å². The zero-order chi connectivity index (χ0) is 16.8. The first-order valence-corrected chi connectivity index (χ1v) is 8.48.